The van der Waals surface area contributed by atoms with Gasteiger partial charge in [0, 0.05) is 19.5 Å². The molecule has 0 bridgehead atoms. The number of amides is 1. The first-order valence-corrected chi connectivity index (χ1v) is 7.59. The van der Waals surface area contributed by atoms with Gasteiger partial charge in [-0.1, -0.05) is 32.4 Å². The summed E-state index contributed by atoms with van der Waals surface area (Å²) in [6.45, 7) is 5.36. The minimum Gasteiger partial charge on any atom is -0.345 e. The fourth-order valence-electron chi connectivity index (χ4n) is 2.35. The maximum Gasteiger partial charge on any atom is 0.225 e. The molecule has 0 aromatic rings. The van der Waals surface area contributed by atoms with Crippen LogP contribution in [0, 0.1) is 11.8 Å². The average Bonchev–Trinajstić information content (AvgIpc) is 3.20. The highest BCUT2D eigenvalue weighted by molar-refractivity contribution is 5.80. The van der Waals surface area contributed by atoms with Crippen LogP contribution in [0.25, 0.3) is 0 Å². The zero-order valence-corrected chi connectivity index (χ0v) is 12.3. The molecule has 1 rings (SSSR count). The number of allylic oxidation sites excluding steroid dienone is 2. The summed E-state index contributed by atoms with van der Waals surface area (Å²) in [5, 5.41) is 0. The lowest BCUT2D eigenvalue weighted by atomic mass is 9.98. The zero-order valence-electron chi connectivity index (χ0n) is 12.3. The molecule has 1 amide bonds. The standard InChI is InChI=1S/C16H29NO/c1-4-6-7-8-9-10-14(5-2)13-17(3)16(18)15-11-12-15/h6-7,14-15H,4-5,8-13H2,1-3H3/b7-6-. The van der Waals surface area contributed by atoms with Crippen LogP contribution < -0.4 is 0 Å². The van der Waals surface area contributed by atoms with Gasteiger partial charge in [0.1, 0.15) is 0 Å². The summed E-state index contributed by atoms with van der Waals surface area (Å²) in [6.07, 6.45) is 12.7. The van der Waals surface area contributed by atoms with Crippen molar-refractivity contribution < 1.29 is 4.79 Å². The molecule has 1 aliphatic carbocycles. The second kappa shape index (κ2) is 8.34. The first-order chi connectivity index (χ1) is 8.69. The largest absolute Gasteiger partial charge is 0.345 e. The van der Waals surface area contributed by atoms with Gasteiger partial charge in [0.25, 0.3) is 0 Å². The topological polar surface area (TPSA) is 20.3 Å². The van der Waals surface area contributed by atoms with E-state index in [0.717, 1.165) is 25.8 Å². The molecule has 0 aromatic carbocycles. The number of carbonyl (C=O) groups is 1. The predicted octanol–water partition coefficient (Wildman–Crippen LogP) is 4.02. The fraction of sp³-hybridized carbons (Fsp3) is 0.812. The predicted molar refractivity (Wildman–Crippen MR) is 77.4 cm³/mol. The second-order valence-electron chi connectivity index (χ2n) is 5.58. The van der Waals surface area contributed by atoms with Crippen LogP contribution in [0.1, 0.15) is 58.8 Å². The maximum absolute atomic E-state index is 11.9. The lowest BCUT2D eigenvalue weighted by Gasteiger charge is -2.23. The number of nitrogens with zero attached hydrogens (tertiary/aromatic N) is 1. The van der Waals surface area contributed by atoms with E-state index in [4.69, 9.17) is 0 Å². The summed E-state index contributed by atoms with van der Waals surface area (Å²) in [6, 6.07) is 0. The van der Waals surface area contributed by atoms with E-state index in [1.807, 2.05) is 11.9 Å². The number of unbranched alkanes of at least 4 members (excludes halogenated alkanes) is 1. The van der Waals surface area contributed by atoms with Crippen molar-refractivity contribution >= 4 is 5.91 Å². The molecular weight excluding hydrogens is 222 g/mol. The highest BCUT2D eigenvalue weighted by atomic mass is 16.2. The van der Waals surface area contributed by atoms with Gasteiger partial charge in [-0.05, 0) is 44.4 Å². The van der Waals surface area contributed by atoms with Crippen LogP contribution >= 0.6 is 0 Å². The quantitative estimate of drug-likeness (QED) is 0.448. The minimum absolute atomic E-state index is 0.361. The number of rotatable bonds is 9. The smallest absolute Gasteiger partial charge is 0.225 e. The molecule has 1 saturated carbocycles. The van der Waals surface area contributed by atoms with Crippen LogP contribution in [0.2, 0.25) is 0 Å². The van der Waals surface area contributed by atoms with E-state index >= 15 is 0 Å². The van der Waals surface area contributed by atoms with Gasteiger partial charge in [-0.25, -0.2) is 0 Å². The molecular formula is C16H29NO. The van der Waals surface area contributed by atoms with E-state index in [-0.39, 0.29) is 0 Å². The van der Waals surface area contributed by atoms with Crippen molar-refractivity contribution in [3.8, 4) is 0 Å². The molecule has 0 radical (unpaired) electrons. The molecule has 0 saturated heterocycles. The highest BCUT2D eigenvalue weighted by Crippen LogP contribution is 2.31. The van der Waals surface area contributed by atoms with Crippen molar-refractivity contribution in [2.45, 2.75) is 58.8 Å². The van der Waals surface area contributed by atoms with Crippen molar-refractivity contribution in [3.05, 3.63) is 12.2 Å². The van der Waals surface area contributed by atoms with E-state index in [0.29, 0.717) is 17.7 Å². The molecule has 1 fully saturated rings. The van der Waals surface area contributed by atoms with Gasteiger partial charge in [0.15, 0.2) is 0 Å². The Balaban J connectivity index is 2.19. The summed E-state index contributed by atoms with van der Waals surface area (Å²) in [4.78, 5) is 13.9. The summed E-state index contributed by atoms with van der Waals surface area (Å²) >= 11 is 0. The van der Waals surface area contributed by atoms with E-state index < -0.39 is 0 Å². The molecule has 104 valence electrons. The van der Waals surface area contributed by atoms with E-state index in [1.165, 1.54) is 25.7 Å². The molecule has 0 N–H and O–H groups in total. The third-order valence-corrected chi connectivity index (χ3v) is 3.80. The molecule has 0 spiro atoms. The third-order valence-electron chi connectivity index (χ3n) is 3.80. The van der Waals surface area contributed by atoms with Crippen molar-refractivity contribution in [2.75, 3.05) is 13.6 Å². The van der Waals surface area contributed by atoms with Gasteiger partial charge in [-0.3, -0.25) is 4.79 Å². The Morgan fingerprint density at radius 2 is 2.06 bits per heavy atom. The van der Waals surface area contributed by atoms with Gasteiger partial charge in [0.2, 0.25) is 5.91 Å². The van der Waals surface area contributed by atoms with Crippen molar-refractivity contribution in [1.82, 2.24) is 4.90 Å². The Hall–Kier alpha value is -0.790. The monoisotopic (exact) mass is 251 g/mol. The lowest BCUT2D eigenvalue weighted by molar-refractivity contribution is -0.131. The van der Waals surface area contributed by atoms with Crippen LogP contribution in [-0.2, 0) is 4.79 Å². The van der Waals surface area contributed by atoms with E-state index in [9.17, 15) is 4.79 Å². The average molecular weight is 251 g/mol. The molecule has 18 heavy (non-hydrogen) atoms. The SMILES string of the molecule is CC/C=C\CCCC(CC)CN(C)C(=O)C1CC1. The fourth-order valence-corrected chi connectivity index (χ4v) is 2.35. The normalized spacial score (nSPS) is 17.1. The Labute approximate surface area is 112 Å². The third kappa shape index (κ3) is 5.70. The summed E-state index contributed by atoms with van der Waals surface area (Å²) in [5.74, 6) is 1.41. The highest BCUT2D eigenvalue weighted by Gasteiger charge is 2.32. The molecule has 0 aromatic heterocycles. The first kappa shape index (κ1) is 15.3. The van der Waals surface area contributed by atoms with Crippen LogP contribution in [0.5, 0.6) is 0 Å². The lowest BCUT2D eigenvalue weighted by Crippen LogP contribution is -2.32. The molecule has 1 unspecified atom stereocenters. The molecule has 2 nitrogen and oxygen atoms in total. The van der Waals surface area contributed by atoms with Gasteiger partial charge in [0.05, 0.1) is 0 Å². The van der Waals surface area contributed by atoms with Crippen molar-refractivity contribution in [3.63, 3.8) is 0 Å². The zero-order chi connectivity index (χ0) is 13.4. The van der Waals surface area contributed by atoms with Crippen LogP contribution in [0.15, 0.2) is 12.2 Å². The van der Waals surface area contributed by atoms with Gasteiger partial charge < -0.3 is 4.90 Å². The summed E-state index contributed by atoms with van der Waals surface area (Å²) < 4.78 is 0. The Morgan fingerprint density at radius 3 is 2.61 bits per heavy atom. The molecule has 1 atom stereocenters. The number of hydrogen-bond acceptors (Lipinski definition) is 1. The Kier molecular flexibility index (Phi) is 7.07. The Bertz CT molecular complexity index is 268. The number of hydrogen-bond donors (Lipinski definition) is 0. The van der Waals surface area contributed by atoms with E-state index in [1.54, 1.807) is 0 Å². The van der Waals surface area contributed by atoms with Crippen LogP contribution in [0.4, 0.5) is 0 Å². The van der Waals surface area contributed by atoms with E-state index in [2.05, 4.69) is 26.0 Å². The molecule has 2 heteroatoms. The summed E-state index contributed by atoms with van der Waals surface area (Å²) in [7, 11) is 1.97. The second-order valence-corrected chi connectivity index (χ2v) is 5.58. The van der Waals surface area contributed by atoms with Gasteiger partial charge in [-0.2, -0.15) is 0 Å². The van der Waals surface area contributed by atoms with Gasteiger partial charge >= 0.3 is 0 Å². The van der Waals surface area contributed by atoms with Crippen LogP contribution in [0.3, 0.4) is 0 Å². The molecule has 0 heterocycles. The first-order valence-electron chi connectivity index (χ1n) is 7.59. The minimum atomic E-state index is 0.361. The summed E-state index contributed by atoms with van der Waals surface area (Å²) in [5.41, 5.74) is 0. The maximum atomic E-state index is 11.9. The van der Waals surface area contributed by atoms with Crippen molar-refractivity contribution in [1.29, 1.82) is 0 Å². The number of carbonyl (C=O) groups excluding carboxylic acids is 1. The van der Waals surface area contributed by atoms with Gasteiger partial charge in [-0.15, -0.1) is 0 Å². The van der Waals surface area contributed by atoms with Crippen molar-refractivity contribution in [2.24, 2.45) is 11.8 Å². The molecule has 0 aliphatic heterocycles. The molecule has 1 aliphatic rings. The van der Waals surface area contributed by atoms with Crippen LogP contribution in [-0.4, -0.2) is 24.4 Å². The Morgan fingerprint density at radius 1 is 1.33 bits per heavy atom.